The van der Waals surface area contributed by atoms with Gasteiger partial charge in [-0.1, -0.05) is 54.4 Å². The van der Waals surface area contributed by atoms with Gasteiger partial charge in [0.25, 0.3) is 0 Å². The minimum atomic E-state index is -0.372. The van der Waals surface area contributed by atoms with Crippen molar-refractivity contribution in [1.82, 2.24) is 5.48 Å². The van der Waals surface area contributed by atoms with E-state index in [4.69, 9.17) is 16.8 Å². The van der Waals surface area contributed by atoms with Gasteiger partial charge in [0.05, 0.1) is 0 Å². The summed E-state index contributed by atoms with van der Waals surface area (Å²) in [5, 5.41) is 18.8. The van der Waals surface area contributed by atoms with Gasteiger partial charge < -0.3 is 5.11 Å². The number of carbonyl (C=O) groups is 1. The van der Waals surface area contributed by atoms with Crippen LogP contribution in [0.25, 0.3) is 11.1 Å². The van der Waals surface area contributed by atoms with Crippen molar-refractivity contribution in [3.05, 3.63) is 59.1 Å². The number of carbonyl (C=O) groups excluding carboxylic acids is 1. The van der Waals surface area contributed by atoms with E-state index in [1.807, 2.05) is 48.5 Å². The molecule has 0 spiro atoms. The van der Waals surface area contributed by atoms with Crippen molar-refractivity contribution in [2.45, 2.75) is 31.6 Å². The maximum absolute atomic E-state index is 11.0. The lowest BCUT2D eigenvalue weighted by molar-refractivity contribution is -0.129. The normalized spacial score (nSPS) is 12.0. The number of hydrogen-bond acceptors (Lipinski definition) is 3. The monoisotopic (exact) mass is 347 g/mol. The van der Waals surface area contributed by atoms with Crippen LogP contribution in [-0.2, 0) is 4.79 Å². The van der Waals surface area contributed by atoms with Crippen LogP contribution < -0.4 is 5.48 Å². The fourth-order valence-electron chi connectivity index (χ4n) is 2.69. The summed E-state index contributed by atoms with van der Waals surface area (Å²) in [6.07, 6.45) is 2.60. The van der Waals surface area contributed by atoms with E-state index in [9.17, 15) is 9.90 Å². The SMILES string of the molecule is O=C(CCCCC(CO)c1ccc(-c2ccc(Cl)cc2)cc1)NO. The largest absolute Gasteiger partial charge is 0.396 e. The number of hydroxylamine groups is 1. The summed E-state index contributed by atoms with van der Waals surface area (Å²) >= 11 is 5.91. The maximum atomic E-state index is 11.0. The van der Waals surface area contributed by atoms with Gasteiger partial charge in [-0.15, -0.1) is 0 Å². The molecule has 0 aliphatic heterocycles. The van der Waals surface area contributed by atoms with Crippen molar-refractivity contribution in [3.8, 4) is 11.1 Å². The quantitative estimate of drug-likeness (QED) is 0.381. The smallest absolute Gasteiger partial charge is 0.243 e. The highest BCUT2D eigenvalue weighted by Gasteiger charge is 2.11. The van der Waals surface area contributed by atoms with E-state index in [1.54, 1.807) is 5.48 Å². The Morgan fingerprint density at radius 3 is 2.12 bits per heavy atom. The Labute approximate surface area is 147 Å². The van der Waals surface area contributed by atoms with Gasteiger partial charge in [0.2, 0.25) is 5.91 Å². The van der Waals surface area contributed by atoms with Crippen molar-refractivity contribution in [1.29, 1.82) is 0 Å². The maximum Gasteiger partial charge on any atom is 0.243 e. The second-order valence-corrected chi connectivity index (χ2v) is 6.23. The number of hydrogen-bond donors (Lipinski definition) is 3. The molecule has 2 aromatic rings. The molecule has 1 atom stereocenters. The lowest BCUT2D eigenvalue weighted by atomic mass is 9.92. The molecule has 2 aromatic carbocycles. The number of amides is 1. The fraction of sp³-hybridized carbons (Fsp3) is 0.316. The number of rotatable bonds is 8. The molecule has 0 fully saturated rings. The van der Waals surface area contributed by atoms with Gasteiger partial charge in [0.1, 0.15) is 0 Å². The van der Waals surface area contributed by atoms with E-state index in [0.717, 1.165) is 29.5 Å². The Hall–Kier alpha value is -1.88. The van der Waals surface area contributed by atoms with Gasteiger partial charge in [-0.05, 0) is 41.7 Å². The Kier molecular flexibility index (Phi) is 7.25. The van der Waals surface area contributed by atoms with Crippen molar-refractivity contribution < 1.29 is 15.1 Å². The molecule has 0 saturated heterocycles. The van der Waals surface area contributed by atoms with Crippen LogP contribution >= 0.6 is 11.6 Å². The average Bonchev–Trinajstić information content (AvgIpc) is 2.62. The second kappa shape index (κ2) is 9.42. The molecule has 0 radical (unpaired) electrons. The molecule has 128 valence electrons. The second-order valence-electron chi connectivity index (χ2n) is 5.79. The summed E-state index contributed by atoms with van der Waals surface area (Å²) in [6.45, 7) is 0.0759. The fourth-order valence-corrected chi connectivity index (χ4v) is 2.81. The molecule has 3 N–H and O–H groups in total. The Morgan fingerprint density at radius 2 is 1.58 bits per heavy atom. The zero-order chi connectivity index (χ0) is 17.4. The van der Waals surface area contributed by atoms with Crippen LogP contribution in [0.2, 0.25) is 5.02 Å². The molecule has 0 aliphatic rings. The number of aliphatic hydroxyl groups is 1. The van der Waals surface area contributed by atoms with Crippen LogP contribution in [0.15, 0.2) is 48.5 Å². The molecule has 0 aliphatic carbocycles. The number of nitrogens with one attached hydrogen (secondary N) is 1. The Balaban J connectivity index is 1.94. The third-order valence-corrected chi connectivity index (χ3v) is 4.36. The predicted molar refractivity (Wildman–Crippen MR) is 95.1 cm³/mol. The molecule has 5 heteroatoms. The third-order valence-electron chi connectivity index (χ3n) is 4.11. The lowest BCUT2D eigenvalue weighted by Gasteiger charge is -2.15. The summed E-state index contributed by atoms with van der Waals surface area (Å²) < 4.78 is 0. The number of benzene rings is 2. The van der Waals surface area contributed by atoms with Gasteiger partial charge in [-0.25, -0.2) is 5.48 Å². The number of aliphatic hydroxyl groups excluding tert-OH is 1. The molecule has 24 heavy (non-hydrogen) atoms. The summed E-state index contributed by atoms with van der Waals surface area (Å²) in [7, 11) is 0. The molecule has 0 saturated carbocycles. The van der Waals surface area contributed by atoms with Gasteiger partial charge in [-0.2, -0.15) is 0 Å². The molecule has 0 aromatic heterocycles. The zero-order valence-electron chi connectivity index (χ0n) is 13.4. The van der Waals surface area contributed by atoms with Gasteiger partial charge in [-0.3, -0.25) is 10.0 Å². The van der Waals surface area contributed by atoms with E-state index < -0.39 is 0 Å². The van der Waals surface area contributed by atoms with Crippen molar-refractivity contribution >= 4 is 17.5 Å². The highest BCUT2D eigenvalue weighted by atomic mass is 35.5. The van der Waals surface area contributed by atoms with E-state index in [-0.39, 0.29) is 18.4 Å². The van der Waals surface area contributed by atoms with Gasteiger partial charge >= 0.3 is 0 Å². The topological polar surface area (TPSA) is 69.6 Å². The first kappa shape index (κ1) is 18.5. The van der Waals surface area contributed by atoms with E-state index in [0.29, 0.717) is 17.9 Å². The number of unbranched alkanes of at least 4 members (excludes halogenated alkanes) is 1. The van der Waals surface area contributed by atoms with Crippen molar-refractivity contribution in [2.75, 3.05) is 6.61 Å². The summed E-state index contributed by atoms with van der Waals surface area (Å²) in [6, 6.07) is 15.8. The molecule has 0 bridgehead atoms. The standard InChI is InChI=1S/C19H22ClNO3/c20-18-11-9-15(10-12-18)14-5-7-16(8-6-14)17(13-22)3-1-2-4-19(23)21-24/h5-12,17,22,24H,1-4,13H2,(H,21,23). The highest BCUT2D eigenvalue weighted by Crippen LogP contribution is 2.26. The molecule has 1 amide bonds. The van der Waals surface area contributed by atoms with Crippen LogP contribution in [-0.4, -0.2) is 22.8 Å². The molecule has 0 heterocycles. The first-order valence-corrected chi connectivity index (χ1v) is 8.41. The molecule has 4 nitrogen and oxygen atoms in total. The first-order chi connectivity index (χ1) is 11.6. The highest BCUT2D eigenvalue weighted by molar-refractivity contribution is 6.30. The molecule has 2 rings (SSSR count). The Bertz CT molecular complexity index is 641. The predicted octanol–water partition coefficient (Wildman–Crippen LogP) is 4.15. The van der Waals surface area contributed by atoms with Gasteiger partial charge in [0.15, 0.2) is 0 Å². The summed E-state index contributed by atoms with van der Waals surface area (Å²) in [5.74, 6) is -0.315. The minimum absolute atomic E-state index is 0.0569. The molecular weight excluding hydrogens is 326 g/mol. The average molecular weight is 348 g/mol. The van der Waals surface area contributed by atoms with Crippen molar-refractivity contribution in [3.63, 3.8) is 0 Å². The summed E-state index contributed by atoms with van der Waals surface area (Å²) in [5.41, 5.74) is 4.91. The van der Waals surface area contributed by atoms with E-state index in [1.165, 1.54) is 0 Å². The van der Waals surface area contributed by atoms with Crippen LogP contribution in [0.1, 0.15) is 37.2 Å². The minimum Gasteiger partial charge on any atom is -0.396 e. The lowest BCUT2D eigenvalue weighted by Crippen LogP contribution is -2.17. The van der Waals surface area contributed by atoms with Crippen LogP contribution in [0.4, 0.5) is 0 Å². The number of halogens is 1. The first-order valence-electron chi connectivity index (χ1n) is 8.03. The van der Waals surface area contributed by atoms with Crippen LogP contribution in [0.5, 0.6) is 0 Å². The zero-order valence-corrected chi connectivity index (χ0v) is 14.2. The van der Waals surface area contributed by atoms with Gasteiger partial charge in [0, 0.05) is 24.0 Å². The molecular formula is C19H22ClNO3. The summed E-state index contributed by atoms with van der Waals surface area (Å²) in [4.78, 5) is 11.0. The Morgan fingerprint density at radius 1 is 1.00 bits per heavy atom. The van der Waals surface area contributed by atoms with Crippen LogP contribution in [0.3, 0.4) is 0 Å². The molecule has 1 unspecified atom stereocenters. The van der Waals surface area contributed by atoms with Crippen molar-refractivity contribution in [2.24, 2.45) is 0 Å². The van der Waals surface area contributed by atoms with E-state index >= 15 is 0 Å². The van der Waals surface area contributed by atoms with E-state index in [2.05, 4.69) is 0 Å². The third kappa shape index (κ3) is 5.34. The van der Waals surface area contributed by atoms with Crippen LogP contribution in [0, 0.1) is 0 Å².